The first kappa shape index (κ1) is 22.4. The Hall–Kier alpha value is -2.42. The number of aryl methyl sites for hydroxylation is 3. The van der Waals surface area contributed by atoms with Gasteiger partial charge in [0.1, 0.15) is 5.76 Å². The van der Waals surface area contributed by atoms with Crippen LogP contribution in [0.15, 0.2) is 10.7 Å². The van der Waals surface area contributed by atoms with E-state index in [2.05, 4.69) is 33.3 Å². The van der Waals surface area contributed by atoms with E-state index in [1.807, 2.05) is 25.5 Å². The maximum Gasteiger partial charge on any atom is 0.238 e. The van der Waals surface area contributed by atoms with E-state index in [9.17, 15) is 4.79 Å². The molecule has 2 unspecified atom stereocenters. The maximum absolute atomic E-state index is 13.0. The molecule has 8 nitrogen and oxygen atoms in total. The summed E-state index contributed by atoms with van der Waals surface area (Å²) in [7, 11) is 0. The number of rotatable bonds is 5. The van der Waals surface area contributed by atoms with Crippen molar-refractivity contribution in [2.45, 2.75) is 84.6 Å². The van der Waals surface area contributed by atoms with Gasteiger partial charge in [0.05, 0.1) is 23.3 Å². The number of nitrogens with one attached hydrogen (secondary N) is 3. The van der Waals surface area contributed by atoms with Crippen molar-refractivity contribution >= 4 is 28.9 Å². The Morgan fingerprint density at radius 3 is 2.55 bits per heavy atom. The molecule has 0 aromatic carbocycles. The second-order valence-electron chi connectivity index (χ2n) is 10.7. The van der Waals surface area contributed by atoms with Crippen LogP contribution in [-0.2, 0) is 16.8 Å². The summed E-state index contributed by atoms with van der Waals surface area (Å²) >= 11 is 5.38. The average Bonchev–Trinajstić information content (AvgIpc) is 3.26. The highest BCUT2D eigenvalue weighted by atomic mass is 32.1. The summed E-state index contributed by atoms with van der Waals surface area (Å²) in [5.74, 6) is 2.31. The fourth-order valence-electron chi connectivity index (χ4n) is 7.74. The largest absolute Gasteiger partial charge is 0.361 e. The predicted octanol–water partition coefficient (Wildman–Crippen LogP) is 4.06. The molecule has 3 N–H and O–H groups in total. The van der Waals surface area contributed by atoms with Crippen LogP contribution in [0.3, 0.4) is 0 Å². The molecule has 4 bridgehead atoms. The number of hydrogen-bond acceptors (Lipinski definition) is 5. The first-order valence-corrected chi connectivity index (χ1v) is 12.4. The number of hydrazine groups is 1. The van der Waals surface area contributed by atoms with Crippen molar-refractivity contribution in [3.05, 3.63) is 28.9 Å². The summed E-state index contributed by atoms with van der Waals surface area (Å²) < 4.78 is 7.46. The molecule has 0 radical (unpaired) electrons. The minimum Gasteiger partial charge on any atom is -0.361 e. The molecule has 2 heterocycles. The second-order valence-corrected chi connectivity index (χ2v) is 11.1. The maximum atomic E-state index is 13.0. The first-order valence-electron chi connectivity index (χ1n) is 12.0. The molecule has 1 amide bonds. The predicted molar refractivity (Wildman–Crippen MR) is 130 cm³/mol. The number of hydrogen-bond donors (Lipinski definition) is 3. The molecule has 4 fully saturated rings. The number of carbonyl (C=O) groups is 1. The van der Waals surface area contributed by atoms with Gasteiger partial charge in [-0.1, -0.05) is 5.16 Å². The van der Waals surface area contributed by atoms with Gasteiger partial charge in [0, 0.05) is 23.9 Å². The van der Waals surface area contributed by atoms with Gasteiger partial charge < -0.3 is 9.84 Å². The molecular weight excluding hydrogens is 436 g/mol. The van der Waals surface area contributed by atoms with Crippen molar-refractivity contribution in [3.8, 4) is 0 Å². The van der Waals surface area contributed by atoms with E-state index in [1.165, 1.54) is 24.8 Å². The minimum absolute atomic E-state index is 0.00372. The van der Waals surface area contributed by atoms with Crippen molar-refractivity contribution in [2.24, 2.45) is 17.3 Å². The minimum atomic E-state index is -0.00372. The fourth-order valence-corrected chi connectivity index (χ4v) is 7.91. The molecule has 33 heavy (non-hydrogen) atoms. The molecule has 2 atom stereocenters. The van der Waals surface area contributed by atoms with E-state index in [0.29, 0.717) is 23.4 Å². The van der Waals surface area contributed by atoms with Crippen LogP contribution in [0, 0.1) is 38.0 Å². The van der Waals surface area contributed by atoms with Crippen LogP contribution in [0.5, 0.6) is 0 Å². The normalized spacial score (nSPS) is 29.8. The smallest absolute Gasteiger partial charge is 0.238 e. The van der Waals surface area contributed by atoms with Crippen molar-refractivity contribution in [1.29, 1.82) is 0 Å². The zero-order chi connectivity index (χ0) is 23.4. The van der Waals surface area contributed by atoms with Crippen LogP contribution < -0.4 is 16.2 Å². The summed E-state index contributed by atoms with van der Waals surface area (Å²) in [6.07, 6.45) is 9.29. The lowest BCUT2D eigenvalue weighted by Crippen LogP contribution is -2.56. The van der Waals surface area contributed by atoms with E-state index in [1.54, 1.807) is 6.20 Å². The standard InChI is InChI=1S/C24H34N6O2S/c1-5-30-15(3)19(12-25-30)26-22(33)28-27-20(31)11-23-7-17-6-18(8-23)10-24(9-17,13-23)21-14(2)29-32-16(21)4/h12,17-18H,5-11,13H2,1-4H3,(H,27,31)(H2,26,28,33). The summed E-state index contributed by atoms with van der Waals surface area (Å²) in [6, 6.07) is 0. The number of anilines is 1. The summed E-state index contributed by atoms with van der Waals surface area (Å²) in [4.78, 5) is 13.0. The van der Waals surface area contributed by atoms with Crippen LogP contribution in [0.25, 0.3) is 0 Å². The number of amides is 1. The molecule has 4 saturated carbocycles. The molecule has 2 aromatic rings. The quantitative estimate of drug-likeness (QED) is 0.448. The van der Waals surface area contributed by atoms with E-state index in [0.717, 1.165) is 48.6 Å². The Bertz CT molecular complexity index is 1060. The third kappa shape index (κ3) is 3.94. The van der Waals surface area contributed by atoms with Gasteiger partial charge in [-0.05, 0) is 95.7 Å². The molecule has 178 valence electrons. The van der Waals surface area contributed by atoms with Gasteiger partial charge in [-0.15, -0.1) is 0 Å². The molecule has 9 heteroatoms. The Morgan fingerprint density at radius 1 is 1.21 bits per heavy atom. The molecule has 0 saturated heterocycles. The zero-order valence-corrected chi connectivity index (χ0v) is 20.8. The van der Waals surface area contributed by atoms with Gasteiger partial charge in [0.2, 0.25) is 5.91 Å². The van der Waals surface area contributed by atoms with Crippen molar-refractivity contribution in [1.82, 2.24) is 25.8 Å². The topological polar surface area (TPSA) is 97.0 Å². The average molecular weight is 471 g/mol. The number of carbonyl (C=O) groups excluding carboxylic acids is 1. The highest BCUT2D eigenvalue weighted by Crippen LogP contribution is 2.67. The fraction of sp³-hybridized carbons (Fsp3) is 0.667. The SMILES string of the molecule is CCn1ncc(NC(=S)NNC(=O)CC23CC4CC(C2)CC(c2c(C)noc2C)(C4)C3)c1C. The Kier molecular flexibility index (Phi) is 5.50. The van der Waals surface area contributed by atoms with Crippen LogP contribution in [-0.4, -0.2) is 26.0 Å². The van der Waals surface area contributed by atoms with Gasteiger partial charge in [-0.25, -0.2) is 0 Å². The first-order chi connectivity index (χ1) is 15.7. The molecule has 2 aromatic heterocycles. The van der Waals surface area contributed by atoms with E-state index in [-0.39, 0.29) is 16.7 Å². The Balaban J connectivity index is 1.24. The summed E-state index contributed by atoms with van der Waals surface area (Å²) in [5, 5.41) is 12.1. The van der Waals surface area contributed by atoms with Gasteiger partial charge in [-0.2, -0.15) is 5.10 Å². The van der Waals surface area contributed by atoms with Crippen LogP contribution in [0.4, 0.5) is 5.69 Å². The Morgan fingerprint density at radius 2 is 1.94 bits per heavy atom. The molecule has 6 rings (SSSR count). The molecule has 4 aliphatic rings. The Labute approximate surface area is 200 Å². The molecular formula is C24H34N6O2S. The summed E-state index contributed by atoms with van der Waals surface area (Å²) in [6.45, 7) is 8.93. The van der Waals surface area contributed by atoms with E-state index < -0.39 is 0 Å². The lowest BCUT2D eigenvalue weighted by atomic mass is 9.42. The van der Waals surface area contributed by atoms with Crippen LogP contribution >= 0.6 is 12.2 Å². The highest BCUT2D eigenvalue weighted by Gasteiger charge is 2.59. The monoisotopic (exact) mass is 470 g/mol. The van der Waals surface area contributed by atoms with Crippen LogP contribution in [0.2, 0.25) is 0 Å². The van der Waals surface area contributed by atoms with Crippen molar-refractivity contribution < 1.29 is 9.32 Å². The van der Waals surface area contributed by atoms with Crippen molar-refractivity contribution in [2.75, 3.05) is 5.32 Å². The zero-order valence-electron chi connectivity index (χ0n) is 20.0. The molecule has 0 spiro atoms. The van der Waals surface area contributed by atoms with Crippen molar-refractivity contribution in [3.63, 3.8) is 0 Å². The lowest BCUT2D eigenvalue weighted by Gasteiger charge is -2.62. The van der Waals surface area contributed by atoms with Gasteiger partial charge in [-0.3, -0.25) is 20.3 Å². The van der Waals surface area contributed by atoms with Gasteiger partial charge in [0.25, 0.3) is 0 Å². The van der Waals surface area contributed by atoms with Gasteiger partial charge >= 0.3 is 0 Å². The molecule has 4 aliphatic carbocycles. The van der Waals surface area contributed by atoms with E-state index in [4.69, 9.17) is 16.7 Å². The summed E-state index contributed by atoms with van der Waals surface area (Å²) in [5.41, 5.74) is 10.1. The number of nitrogens with zero attached hydrogens (tertiary/aromatic N) is 3. The van der Waals surface area contributed by atoms with E-state index >= 15 is 0 Å². The second kappa shape index (κ2) is 8.11. The lowest BCUT2D eigenvalue weighted by molar-refractivity contribution is -0.131. The highest BCUT2D eigenvalue weighted by molar-refractivity contribution is 7.80. The third-order valence-corrected chi connectivity index (χ3v) is 8.45. The number of aromatic nitrogens is 3. The number of thiocarbonyl (C=S) groups is 1. The van der Waals surface area contributed by atoms with Crippen LogP contribution in [0.1, 0.15) is 74.6 Å². The van der Waals surface area contributed by atoms with Gasteiger partial charge in [0.15, 0.2) is 5.11 Å². The molecule has 0 aliphatic heterocycles. The third-order valence-electron chi connectivity index (χ3n) is 8.25.